The summed E-state index contributed by atoms with van der Waals surface area (Å²) in [5.41, 5.74) is 0.0264. The van der Waals surface area contributed by atoms with Crippen LogP contribution in [0.15, 0.2) is 51.0 Å². The van der Waals surface area contributed by atoms with Gasteiger partial charge in [0.15, 0.2) is 5.78 Å². The fraction of sp³-hybridized carbons (Fsp3) is 0.0625. The van der Waals surface area contributed by atoms with Crippen molar-refractivity contribution in [2.75, 3.05) is 0 Å². The zero-order valence-corrected chi connectivity index (χ0v) is 11.9. The molecule has 0 aliphatic heterocycles. The van der Waals surface area contributed by atoms with Crippen molar-refractivity contribution < 1.29 is 14.0 Å². The summed E-state index contributed by atoms with van der Waals surface area (Å²) in [7, 11) is 0. The molecule has 0 amide bonds. The number of hydrogen-bond acceptors (Lipinski definition) is 5. The number of thiophene rings is 1. The Morgan fingerprint density at radius 1 is 1.10 bits per heavy atom. The summed E-state index contributed by atoms with van der Waals surface area (Å²) >= 11 is 1.30. The Labute approximate surface area is 123 Å². The SMILES string of the molecule is CC(=O)c1c(C(=O)c2cccs2)ccc2ccc(=O)oc12. The molecule has 104 valence electrons. The van der Waals surface area contributed by atoms with Crippen LogP contribution >= 0.6 is 11.3 Å². The number of hydrogen-bond donors (Lipinski definition) is 0. The number of carbonyl (C=O) groups excluding carboxylic acids is 2. The molecule has 0 aliphatic carbocycles. The molecule has 0 radical (unpaired) electrons. The summed E-state index contributed by atoms with van der Waals surface area (Å²) in [6.45, 7) is 1.35. The Kier molecular flexibility index (Phi) is 3.27. The summed E-state index contributed by atoms with van der Waals surface area (Å²) in [6, 6.07) is 9.60. The molecule has 3 rings (SSSR count). The average Bonchev–Trinajstić information content (AvgIpc) is 2.99. The minimum Gasteiger partial charge on any atom is -0.422 e. The molecule has 0 N–H and O–H groups in total. The van der Waals surface area contributed by atoms with Gasteiger partial charge in [0.2, 0.25) is 5.78 Å². The lowest BCUT2D eigenvalue weighted by molar-refractivity contribution is 0.0992. The predicted octanol–water partition coefficient (Wildman–Crippen LogP) is 3.29. The minimum atomic E-state index is -0.550. The highest BCUT2D eigenvalue weighted by Gasteiger charge is 2.21. The van der Waals surface area contributed by atoms with Gasteiger partial charge in [-0.05, 0) is 30.5 Å². The van der Waals surface area contributed by atoms with Gasteiger partial charge in [-0.2, -0.15) is 0 Å². The molecule has 3 aromatic rings. The van der Waals surface area contributed by atoms with Crippen LogP contribution in [0.2, 0.25) is 0 Å². The highest BCUT2D eigenvalue weighted by atomic mass is 32.1. The Hall–Kier alpha value is -2.53. The van der Waals surface area contributed by atoms with Crippen LogP contribution in [0.25, 0.3) is 11.0 Å². The maximum atomic E-state index is 12.5. The Bertz CT molecular complexity index is 904. The molecule has 4 nitrogen and oxygen atoms in total. The van der Waals surface area contributed by atoms with Gasteiger partial charge in [-0.25, -0.2) is 4.79 Å². The quantitative estimate of drug-likeness (QED) is 0.550. The largest absolute Gasteiger partial charge is 0.422 e. The van der Waals surface area contributed by atoms with E-state index in [-0.39, 0.29) is 28.3 Å². The summed E-state index contributed by atoms with van der Waals surface area (Å²) in [5.74, 6) is -0.557. The first-order valence-corrected chi connectivity index (χ1v) is 7.12. The van der Waals surface area contributed by atoms with Crippen molar-refractivity contribution in [3.63, 3.8) is 0 Å². The predicted molar refractivity (Wildman–Crippen MR) is 80.2 cm³/mol. The van der Waals surface area contributed by atoms with Gasteiger partial charge >= 0.3 is 5.63 Å². The second kappa shape index (κ2) is 5.10. The maximum Gasteiger partial charge on any atom is 0.336 e. The number of Topliss-reactive ketones (excluding diaryl/α,β-unsaturated/α-hetero) is 1. The van der Waals surface area contributed by atoms with Gasteiger partial charge in [-0.3, -0.25) is 9.59 Å². The molecule has 5 heteroatoms. The zero-order valence-electron chi connectivity index (χ0n) is 11.1. The van der Waals surface area contributed by atoms with Gasteiger partial charge in [-0.15, -0.1) is 11.3 Å². The molecular weight excluding hydrogens is 288 g/mol. The topological polar surface area (TPSA) is 64.3 Å². The van der Waals surface area contributed by atoms with Crippen LogP contribution < -0.4 is 5.63 Å². The first kappa shape index (κ1) is 13.5. The third-order valence-electron chi connectivity index (χ3n) is 3.13. The molecule has 0 saturated carbocycles. The highest BCUT2D eigenvalue weighted by Crippen LogP contribution is 2.25. The summed E-state index contributed by atoms with van der Waals surface area (Å²) in [4.78, 5) is 36.4. The van der Waals surface area contributed by atoms with Crippen molar-refractivity contribution >= 4 is 33.9 Å². The second-order valence-electron chi connectivity index (χ2n) is 4.52. The fourth-order valence-electron chi connectivity index (χ4n) is 2.21. The molecule has 21 heavy (non-hydrogen) atoms. The fourth-order valence-corrected chi connectivity index (χ4v) is 2.89. The zero-order chi connectivity index (χ0) is 15.0. The molecule has 0 unspecified atom stereocenters. The van der Waals surface area contributed by atoms with E-state index in [0.29, 0.717) is 10.3 Å². The molecule has 2 heterocycles. The molecule has 0 bridgehead atoms. The van der Waals surface area contributed by atoms with Gasteiger partial charge < -0.3 is 4.42 Å². The second-order valence-corrected chi connectivity index (χ2v) is 5.47. The standard InChI is InChI=1S/C16H10O4S/c1-9(17)14-11(15(19)12-3-2-8-21-12)6-4-10-5-7-13(18)20-16(10)14/h2-8H,1H3. The lowest BCUT2D eigenvalue weighted by Gasteiger charge is -2.07. The van der Waals surface area contributed by atoms with Crippen molar-refractivity contribution in [1.82, 2.24) is 0 Å². The molecule has 1 aromatic carbocycles. The summed E-state index contributed by atoms with van der Waals surface area (Å²) in [5, 5.41) is 2.41. The van der Waals surface area contributed by atoms with Crippen molar-refractivity contribution in [2.24, 2.45) is 0 Å². The van der Waals surface area contributed by atoms with E-state index in [1.165, 1.54) is 24.3 Å². The maximum absolute atomic E-state index is 12.5. The molecule has 0 spiro atoms. The molecule has 0 atom stereocenters. The van der Waals surface area contributed by atoms with E-state index < -0.39 is 5.63 Å². The van der Waals surface area contributed by atoms with E-state index in [0.717, 1.165) is 0 Å². The number of fused-ring (bicyclic) bond motifs is 1. The Morgan fingerprint density at radius 2 is 1.86 bits per heavy atom. The Balaban J connectivity index is 2.33. The first-order chi connectivity index (χ1) is 10.1. The minimum absolute atomic E-state index is 0.156. The lowest BCUT2D eigenvalue weighted by atomic mass is 9.97. The Morgan fingerprint density at radius 3 is 2.52 bits per heavy atom. The normalized spacial score (nSPS) is 10.7. The van der Waals surface area contributed by atoms with Gasteiger partial charge in [0.25, 0.3) is 0 Å². The van der Waals surface area contributed by atoms with Crippen molar-refractivity contribution in [2.45, 2.75) is 6.92 Å². The first-order valence-electron chi connectivity index (χ1n) is 6.24. The van der Waals surface area contributed by atoms with Gasteiger partial charge in [0.05, 0.1) is 10.4 Å². The highest BCUT2D eigenvalue weighted by molar-refractivity contribution is 7.12. The third-order valence-corrected chi connectivity index (χ3v) is 4.00. The van der Waals surface area contributed by atoms with Gasteiger partial charge in [0, 0.05) is 17.0 Å². The van der Waals surface area contributed by atoms with Crippen LogP contribution in [0, 0.1) is 0 Å². The van der Waals surface area contributed by atoms with Crippen LogP contribution in [0.4, 0.5) is 0 Å². The summed E-state index contributed by atoms with van der Waals surface area (Å²) < 4.78 is 5.14. The monoisotopic (exact) mass is 298 g/mol. The van der Waals surface area contributed by atoms with Crippen LogP contribution in [-0.2, 0) is 0 Å². The van der Waals surface area contributed by atoms with Gasteiger partial charge in [-0.1, -0.05) is 12.1 Å². The number of rotatable bonds is 3. The molecule has 2 aromatic heterocycles. The molecular formula is C16H10O4S. The van der Waals surface area contributed by atoms with Gasteiger partial charge in [0.1, 0.15) is 5.58 Å². The molecule has 0 aliphatic rings. The lowest BCUT2D eigenvalue weighted by Crippen LogP contribution is -2.09. The van der Waals surface area contributed by atoms with Crippen LogP contribution in [0.3, 0.4) is 0 Å². The number of ketones is 2. The average molecular weight is 298 g/mol. The smallest absolute Gasteiger partial charge is 0.336 e. The summed E-state index contributed by atoms with van der Waals surface area (Å²) in [6.07, 6.45) is 0. The number of carbonyl (C=O) groups is 2. The molecule has 0 saturated heterocycles. The van der Waals surface area contributed by atoms with E-state index in [2.05, 4.69) is 0 Å². The van der Waals surface area contributed by atoms with E-state index in [1.54, 1.807) is 35.7 Å². The number of benzene rings is 1. The van der Waals surface area contributed by atoms with E-state index in [1.807, 2.05) is 0 Å². The van der Waals surface area contributed by atoms with Crippen LogP contribution in [-0.4, -0.2) is 11.6 Å². The third kappa shape index (κ3) is 2.32. The van der Waals surface area contributed by atoms with Crippen molar-refractivity contribution in [3.05, 3.63) is 68.2 Å². The van der Waals surface area contributed by atoms with Crippen LogP contribution in [0.5, 0.6) is 0 Å². The van der Waals surface area contributed by atoms with E-state index in [9.17, 15) is 14.4 Å². The van der Waals surface area contributed by atoms with Crippen LogP contribution in [0.1, 0.15) is 32.5 Å². The van der Waals surface area contributed by atoms with E-state index in [4.69, 9.17) is 4.42 Å². The van der Waals surface area contributed by atoms with Crippen molar-refractivity contribution in [3.8, 4) is 0 Å². The van der Waals surface area contributed by atoms with E-state index >= 15 is 0 Å². The molecule has 0 fully saturated rings. The van der Waals surface area contributed by atoms with Crippen molar-refractivity contribution in [1.29, 1.82) is 0 Å².